The van der Waals surface area contributed by atoms with Gasteiger partial charge in [0, 0.05) is 31.5 Å². The molecule has 58 heavy (non-hydrogen) atoms. The van der Waals surface area contributed by atoms with E-state index < -0.39 is 71.6 Å². The van der Waals surface area contributed by atoms with Crippen LogP contribution in [0.4, 0.5) is 0 Å². The summed E-state index contributed by atoms with van der Waals surface area (Å²) in [7, 11) is 0. The first-order valence-corrected chi connectivity index (χ1v) is 21.1. The fraction of sp³-hybridized carbons (Fsp3) is 0.683. The third-order valence-corrected chi connectivity index (χ3v) is 11.8. The van der Waals surface area contributed by atoms with Gasteiger partial charge in [0.1, 0.15) is 23.9 Å². The van der Waals surface area contributed by atoms with Crippen LogP contribution in [-0.2, 0) is 40.0 Å². The van der Waals surface area contributed by atoms with Crippen LogP contribution in [0.1, 0.15) is 109 Å². The van der Waals surface area contributed by atoms with Gasteiger partial charge in [-0.15, -0.1) is 0 Å². The summed E-state index contributed by atoms with van der Waals surface area (Å²) < 4.78 is 0. The van der Waals surface area contributed by atoms with Gasteiger partial charge in [-0.1, -0.05) is 31.4 Å². The van der Waals surface area contributed by atoms with Crippen molar-refractivity contribution in [3.8, 4) is 5.75 Å². The Morgan fingerprint density at radius 2 is 1.02 bits per heavy atom. The van der Waals surface area contributed by atoms with E-state index in [9.17, 15) is 38.7 Å². The molecule has 9 atom stereocenters. The van der Waals surface area contributed by atoms with Gasteiger partial charge in [0.15, 0.2) is 0 Å². The number of nitrogens with one attached hydrogen (secondary N) is 6. The molecule has 7 amide bonds. The second kappa shape index (κ2) is 23.0. The van der Waals surface area contributed by atoms with E-state index in [1.165, 1.54) is 19.1 Å². The van der Waals surface area contributed by atoms with Crippen molar-refractivity contribution in [1.82, 2.24) is 31.9 Å². The van der Waals surface area contributed by atoms with Crippen LogP contribution >= 0.6 is 0 Å². The lowest BCUT2D eigenvalue weighted by atomic mass is 9.97. The maximum absolute atomic E-state index is 14.0. The normalized spacial score (nSPS) is 24.2. The van der Waals surface area contributed by atoms with Gasteiger partial charge < -0.3 is 54.2 Å². The number of hydrogen-bond donors (Lipinski definition) is 10. The van der Waals surface area contributed by atoms with Crippen molar-refractivity contribution in [2.75, 3.05) is 13.1 Å². The molecular formula is C41H65N9O8. The molecule has 0 radical (unpaired) electrons. The van der Waals surface area contributed by atoms with Crippen molar-refractivity contribution in [3.63, 3.8) is 0 Å². The number of rotatable bonds is 22. The third-order valence-electron chi connectivity index (χ3n) is 11.8. The molecule has 13 N–H and O–H groups in total. The molecule has 3 fully saturated rings. The van der Waals surface area contributed by atoms with Crippen molar-refractivity contribution in [2.45, 2.75) is 146 Å². The molecule has 0 spiro atoms. The number of nitrogens with two attached hydrogens (primary N) is 3. The van der Waals surface area contributed by atoms with Crippen molar-refractivity contribution in [2.24, 2.45) is 35.0 Å². The number of aromatic hydroxyl groups is 1. The SMILES string of the molecule is CC(=O)N[C@H]1CCC[C@@H]1C(=O)N[C@@H](CCCCN)C(=O)N[C@H]1CCC[C@@H]1C(=O)N[C@@H](Cc1ccc(O)cc1)C(=O)N[C@H]1CCC[C@@H]1C(=O)N[C@@H](CCCCN)C(N)=O. The molecule has 3 aliphatic carbocycles. The van der Waals surface area contributed by atoms with Gasteiger partial charge in [-0.25, -0.2) is 0 Å². The number of carbonyl (C=O) groups is 7. The summed E-state index contributed by atoms with van der Waals surface area (Å²) >= 11 is 0. The monoisotopic (exact) mass is 811 g/mol. The number of phenolic OH excluding ortho intramolecular Hbond substituents is 1. The number of carbonyl (C=O) groups excluding carboxylic acids is 7. The molecule has 1 aromatic rings. The van der Waals surface area contributed by atoms with Crippen LogP contribution in [0, 0.1) is 17.8 Å². The van der Waals surface area contributed by atoms with Gasteiger partial charge in [0.25, 0.3) is 0 Å². The summed E-state index contributed by atoms with van der Waals surface area (Å²) in [6.07, 6.45) is 8.72. The summed E-state index contributed by atoms with van der Waals surface area (Å²) in [5.41, 5.74) is 17.5. The minimum absolute atomic E-state index is 0.0451. The average molecular weight is 812 g/mol. The molecule has 17 heteroatoms. The van der Waals surface area contributed by atoms with Crippen LogP contribution in [0.2, 0.25) is 0 Å². The van der Waals surface area contributed by atoms with Gasteiger partial charge in [-0.3, -0.25) is 33.6 Å². The quantitative estimate of drug-likeness (QED) is 0.0700. The lowest BCUT2D eigenvalue weighted by Crippen LogP contribution is -2.57. The highest BCUT2D eigenvalue weighted by Crippen LogP contribution is 2.29. The summed E-state index contributed by atoms with van der Waals surface area (Å²) in [6.45, 7) is 2.29. The van der Waals surface area contributed by atoms with Crippen molar-refractivity contribution < 1.29 is 38.7 Å². The average Bonchev–Trinajstić information content (AvgIpc) is 3.96. The number of primary amides is 1. The zero-order valence-corrected chi connectivity index (χ0v) is 33.8. The fourth-order valence-corrected chi connectivity index (χ4v) is 8.62. The maximum Gasteiger partial charge on any atom is 0.243 e. The van der Waals surface area contributed by atoms with E-state index in [2.05, 4.69) is 31.9 Å². The molecule has 17 nitrogen and oxygen atoms in total. The van der Waals surface area contributed by atoms with E-state index in [0.29, 0.717) is 109 Å². The Hall–Kier alpha value is -4.77. The first-order valence-electron chi connectivity index (χ1n) is 21.1. The molecule has 0 aromatic heterocycles. The predicted octanol–water partition coefficient (Wildman–Crippen LogP) is 0.00700. The minimum Gasteiger partial charge on any atom is -0.508 e. The Morgan fingerprint density at radius 3 is 1.47 bits per heavy atom. The number of hydrogen-bond acceptors (Lipinski definition) is 10. The van der Waals surface area contributed by atoms with Crippen LogP contribution in [-0.4, -0.2) is 95.8 Å². The van der Waals surface area contributed by atoms with Crippen LogP contribution in [0.3, 0.4) is 0 Å². The highest BCUT2D eigenvalue weighted by molar-refractivity contribution is 5.92. The summed E-state index contributed by atoms with van der Waals surface area (Å²) in [5.74, 6) is -4.54. The zero-order chi connectivity index (χ0) is 42.2. The van der Waals surface area contributed by atoms with Crippen molar-refractivity contribution in [3.05, 3.63) is 29.8 Å². The smallest absolute Gasteiger partial charge is 0.243 e. The fourth-order valence-electron chi connectivity index (χ4n) is 8.62. The van der Waals surface area contributed by atoms with Crippen LogP contribution in [0.5, 0.6) is 5.75 Å². The zero-order valence-electron chi connectivity index (χ0n) is 33.8. The molecule has 0 heterocycles. The molecule has 3 saturated carbocycles. The Labute approximate surface area is 340 Å². The van der Waals surface area contributed by atoms with E-state index >= 15 is 0 Å². The number of benzene rings is 1. The molecule has 322 valence electrons. The molecule has 0 bridgehead atoms. The van der Waals surface area contributed by atoms with Gasteiger partial charge in [-0.05, 0) is 108 Å². The second-order valence-corrected chi connectivity index (χ2v) is 16.2. The van der Waals surface area contributed by atoms with Gasteiger partial charge in [0.05, 0.1) is 17.8 Å². The highest BCUT2D eigenvalue weighted by Gasteiger charge is 2.40. The molecule has 1 aromatic carbocycles. The van der Waals surface area contributed by atoms with Crippen LogP contribution in [0.15, 0.2) is 24.3 Å². The molecular weight excluding hydrogens is 747 g/mol. The van der Waals surface area contributed by atoms with Crippen molar-refractivity contribution in [1.29, 1.82) is 0 Å². The minimum atomic E-state index is -1.06. The second-order valence-electron chi connectivity index (χ2n) is 16.2. The molecule has 0 saturated heterocycles. The summed E-state index contributed by atoms with van der Waals surface area (Å²) in [6, 6.07) is 2.11. The molecule has 4 rings (SSSR count). The van der Waals surface area contributed by atoms with Crippen LogP contribution in [0.25, 0.3) is 0 Å². The Balaban J connectivity index is 1.44. The van der Waals surface area contributed by atoms with E-state index in [1.807, 2.05) is 0 Å². The van der Waals surface area contributed by atoms with Gasteiger partial charge in [-0.2, -0.15) is 0 Å². The van der Waals surface area contributed by atoms with Gasteiger partial charge in [0.2, 0.25) is 41.4 Å². The van der Waals surface area contributed by atoms with Gasteiger partial charge >= 0.3 is 0 Å². The highest BCUT2D eigenvalue weighted by atomic mass is 16.3. The van der Waals surface area contributed by atoms with E-state index in [1.54, 1.807) is 12.1 Å². The molecule has 0 aliphatic heterocycles. The largest absolute Gasteiger partial charge is 0.508 e. The number of phenols is 1. The van der Waals surface area contributed by atoms with Crippen LogP contribution < -0.4 is 49.1 Å². The van der Waals surface area contributed by atoms with Crippen molar-refractivity contribution >= 4 is 41.4 Å². The predicted molar refractivity (Wildman–Crippen MR) is 216 cm³/mol. The van der Waals surface area contributed by atoms with E-state index in [4.69, 9.17) is 17.2 Å². The third kappa shape index (κ3) is 13.7. The lowest BCUT2D eigenvalue weighted by Gasteiger charge is -2.28. The number of amides is 7. The molecule has 3 aliphatic rings. The summed E-state index contributed by atoms with van der Waals surface area (Å²) in [4.78, 5) is 92.5. The summed E-state index contributed by atoms with van der Waals surface area (Å²) in [5, 5.41) is 27.3. The van der Waals surface area contributed by atoms with E-state index in [0.717, 1.165) is 6.42 Å². The first kappa shape index (κ1) is 45.9. The topological polar surface area (TPSA) is 290 Å². The maximum atomic E-state index is 14.0. The lowest BCUT2D eigenvalue weighted by molar-refractivity contribution is -0.134. The van der Waals surface area contributed by atoms with E-state index in [-0.39, 0.29) is 35.9 Å². The number of unbranched alkanes of at least 4 members (excludes halogenated alkanes) is 2. The Bertz CT molecular complexity index is 1580. The standard InChI is InChI=1S/C41H65N9O8/c1-24(51)45-30-14-6-9-27(30)38(55)49-34(13-3-5-22-43)40(57)46-31-15-8-11-29(31)39(56)50-35(23-25-17-19-26(52)20-18-25)41(58)47-32-16-7-10-28(32)37(54)48-33(36(44)53)12-2-4-21-42/h17-20,27-35,52H,2-16,21-23,42-43H2,1H3,(H2,44,53)(H,45,51)(H,46,57)(H,47,58)(H,48,54)(H,49,55)(H,50,56)/t27-,28-,29-,30-,31-,32-,33-,34-,35-/m0/s1. The first-order chi connectivity index (χ1) is 27.8. The Kier molecular flexibility index (Phi) is 18.2. The Morgan fingerprint density at radius 1 is 0.603 bits per heavy atom. The molecule has 0 unspecified atom stereocenters.